The fourth-order valence-corrected chi connectivity index (χ4v) is 3.00. The first-order chi connectivity index (χ1) is 14.4. The predicted molar refractivity (Wildman–Crippen MR) is 106 cm³/mol. The Kier molecular flexibility index (Phi) is 6.24. The Hall–Kier alpha value is -3.56. The van der Waals surface area contributed by atoms with Gasteiger partial charge >= 0.3 is 5.97 Å². The number of ether oxygens (including phenoxy) is 1. The lowest BCUT2D eigenvalue weighted by Crippen LogP contribution is -2.22. The van der Waals surface area contributed by atoms with E-state index in [0.717, 1.165) is 10.6 Å². The number of rotatable bonds is 7. The fraction of sp³-hybridized carbons (Fsp3) is 0.250. The van der Waals surface area contributed by atoms with Crippen LogP contribution in [0, 0.1) is 17.5 Å². The summed E-state index contributed by atoms with van der Waals surface area (Å²) in [4.78, 5) is 28.4. The number of nitrogens with zero attached hydrogens (tertiary/aromatic N) is 2. The monoisotopic (exact) mass is 420 g/mol. The van der Waals surface area contributed by atoms with Crippen molar-refractivity contribution in [3.63, 3.8) is 0 Å². The van der Waals surface area contributed by atoms with Gasteiger partial charge in [0.15, 0.2) is 22.9 Å². The van der Waals surface area contributed by atoms with Crippen LogP contribution >= 0.6 is 0 Å². The number of carbonyl (C=O) groups excluding carboxylic acids is 1. The van der Waals surface area contributed by atoms with E-state index in [2.05, 4.69) is 15.6 Å². The zero-order chi connectivity index (χ0) is 21.8. The molecule has 1 aromatic carbocycles. The Morgan fingerprint density at radius 2 is 1.87 bits per heavy atom. The number of hydrogen-bond acceptors (Lipinski definition) is 6. The van der Waals surface area contributed by atoms with E-state index in [1.807, 2.05) is 0 Å². The van der Waals surface area contributed by atoms with Gasteiger partial charge in [-0.25, -0.2) is 22.9 Å². The molecule has 0 spiro atoms. The molecular formula is C20H19F3N4O3. The van der Waals surface area contributed by atoms with E-state index in [9.17, 15) is 18.4 Å². The third kappa shape index (κ3) is 3.93. The molecular weight excluding hydrogens is 401 g/mol. The Morgan fingerprint density at radius 1 is 1.13 bits per heavy atom. The van der Waals surface area contributed by atoms with Gasteiger partial charge in [0.25, 0.3) is 0 Å². The van der Waals surface area contributed by atoms with Crippen LogP contribution < -0.4 is 16.1 Å². The molecule has 0 unspecified atom stereocenters. The van der Waals surface area contributed by atoms with Crippen LogP contribution in [0.3, 0.4) is 0 Å². The van der Waals surface area contributed by atoms with Crippen molar-refractivity contribution >= 4 is 28.4 Å². The normalized spacial score (nSPS) is 10.8. The minimum atomic E-state index is -1.51. The first kappa shape index (κ1) is 21.2. The molecule has 0 saturated heterocycles. The first-order valence-corrected chi connectivity index (χ1v) is 9.12. The molecule has 0 aliphatic heterocycles. The van der Waals surface area contributed by atoms with Crippen LogP contribution in [0.1, 0.15) is 17.4 Å². The van der Waals surface area contributed by atoms with Crippen molar-refractivity contribution < 1.29 is 22.7 Å². The van der Waals surface area contributed by atoms with Gasteiger partial charge < -0.3 is 19.9 Å². The summed E-state index contributed by atoms with van der Waals surface area (Å²) in [6, 6.07) is 6.01. The molecule has 7 nitrogen and oxygen atoms in total. The number of fused-ring (bicyclic) bond motifs is 1. The number of esters is 1. The Bertz CT molecular complexity index is 1150. The van der Waals surface area contributed by atoms with E-state index in [4.69, 9.17) is 4.74 Å². The van der Waals surface area contributed by atoms with Crippen molar-refractivity contribution in [1.29, 1.82) is 0 Å². The fourth-order valence-electron chi connectivity index (χ4n) is 3.00. The lowest BCUT2D eigenvalue weighted by molar-refractivity contribution is 0.0515. The standard InChI is InChI=1S/C20H19F3N4O3/c1-3-30-20(29)11-10-12(28)14-15(21)16(22)18(17(23)19(14)27(11)2)26-9-8-25-13-6-4-5-7-24-13/h4-7,10,26H,3,8-9H2,1-2H3,(H,24,25). The molecule has 0 saturated carbocycles. The van der Waals surface area contributed by atoms with Crippen LogP contribution in [0.25, 0.3) is 10.9 Å². The summed E-state index contributed by atoms with van der Waals surface area (Å²) >= 11 is 0. The number of hydrogen-bond donors (Lipinski definition) is 2. The van der Waals surface area contributed by atoms with Crippen molar-refractivity contribution in [3.05, 3.63) is 63.8 Å². The van der Waals surface area contributed by atoms with Gasteiger partial charge in [-0.2, -0.15) is 0 Å². The minimum Gasteiger partial charge on any atom is -0.461 e. The third-order valence-electron chi connectivity index (χ3n) is 4.39. The summed E-state index contributed by atoms with van der Waals surface area (Å²) < 4.78 is 50.0. The van der Waals surface area contributed by atoms with Crippen molar-refractivity contribution in [1.82, 2.24) is 9.55 Å². The number of carbonyl (C=O) groups is 1. The van der Waals surface area contributed by atoms with E-state index in [-0.39, 0.29) is 25.4 Å². The molecule has 0 aliphatic rings. The molecule has 30 heavy (non-hydrogen) atoms. The third-order valence-corrected chi connectivity index (χ3v) is 4.39. The zero-order valence-corrected chi connectivity index (χ0v) is 16.3. The molecule has 0 bridgehead atoms. The number of pyridine rings is 2. The Balaban J connectivity index is 1.98. The maximum absolute atomic E-state index is 15.1. The highest BCUT2D eigenvalue weighted by Gasteiger charge is 2.26. The van der Waals surface area contributed by atoms with Gasteiger partial charge in [0.2, 0.25) is 0 Å². The Labute approximate surface area is 169 Å². The summed E-state index contributed by atoms with van der Waals surface area (Å²) in [6.07, 6.45) is 1.58. The van der Waals surface area contributed by atoms with Gasteiger partial charge in [-0.1, -0.05) is 6.07 Å². The van der Waals surface area contributed by atoms with E-state index < -0.39 is 45.4 Å². The highest BCUT2D eigenvalue weighted by Crippen LogP contribution is 2.30. The minimum absolute atomic E-state index is 0.0286. The summed E-state index contributed by atoms with van der Waals surface area (Å²) in [5.74, 6) is -4.52. The van der Waals surface area contributed by atoms with E-state index in [1.54, 1.807) is 31.3 Å². The smallest absolute Gasteiger partial charge is 0.355 e. The van der Waals surface area contributed by atoms with Gasteiger partial charge in [0.1, 0.15) is 17.2 Å². The van der Waals surface area contributed by atoms with Crippen LogP contribution in [0.15, 0.2) is 35.3 Å². The number of anilines is 2. The van der Waals surface area contributed by atoms with Crippen molar-refractivity contribution in [2.45, 2.75) is 6.92 Å². The van der Waals surface area contributed by atoms with Gasteiger partial charge in [-0.3, -0.25) is 4.79 Å². The van der Waals surface area contributed by atoms with E-state index in [0.29, 0.717) is 5.82 Å². The molecule has 0 amide bonds. The van der Waals surface area contributed by atoms with Gasteiger partial charge in [0.05, 0.1) is 17.5 Å². The maximum atomic E-state index is 15.1. The van der Waals surface area contributed by atoms with Crippen LogP contribution in [0.2, 0.25) is 0 Å². The molecule has 10 heteroatoms. The molecule has 3 aromatic rings. The number of halogens is 3. The van der Waals surface area contributed by atoms with E-state index in [1.165, 1.54) is 7.05 Å². The first-order valence-electron chi connectivity index (χ1n) is 9.12. The average Bonchev–Trinajstić information content (AvgIpc) is 2.73. The lowest BCUT2D eigenvalue weighted by Gasteiger charge is -2.16. The topological polar surface area (TPSA) is 85.2 Å². The lowest BCUT2D eigenvalue weighted by atomic mass is 10.1. The second-order valence-electron chi connectivity index (χ2n) is 6.28. The number of aryl methyl sites for hydroxylation is 1. The molecule has 0 fully saturated rings. The molecule has 3 rings (SSSR count). The highest BCUT2D eigenvalue weighted by molar-refractivity contribution is 5.93. The van der Waals surface area contributed by atoms with Gasteiger partial charge in [0, 0.05) is 32.4 Å². The van der Waals surface area contributed by atoms with Crippen LogP contribution in [-0.2, 0) is 11.8 Å². The van der Waals surface area contributed by atoms with Gasteiger partial charge in [-0.15, -0.1) is 0 Å². The molecule has 158 valence electrons. The molecule has 0 aliphatic carbocycles. The second kappa shape index (κ2) is 8.85. The van der Waals surface area contributed by atoms with Crippen molar-refractivity contribution in [2.24, 2.45) is 7.05 Å². The average molecular weight is 420 g/mol. The molecule has 2 N–H and O–H groups in total. The number of aromatic nitrogens is 2. The van der Waals surface area contributed by atoms with Crippen molar-refractivity contribution in [2.75, 3.05) is 30.3 Å². The van der Waals surface area contributed by atoms with E-state index >= 15 is 4.39 Å². The summed E-state index contributed by atoms with van der Waals surface area (Å²) in [5.41, 5.74) is -2.57. The summed E-state index contributed by atoms with van der Waals surface area (Å²) in [6.45, 7) is 1.85. The number of benzene rings is 1. The van der Waals surface area contributed by atoms with Gasteiger partial charge in [-0.05, 0) is 19.1 Å². The highest BCUT2D eigenvalue weighted by atomic mass is 19.2. The predicted octanol–water partition coefficient (Wildman–Crippen LogP) is 3.05. The number of nitrogens with one attached hydrogen (secondary N) is 2. The van der Waals surface area contributed by atoms with Crippen LogP contribution in [0.4, 0.5) is 24.7 Å². The molecule has 0 radical (unpaired) electrons. The van der Waals surface area contributed by atoms with Crippen LogP contribution in [0.5, 0.6) is 0 Å². The quantitative estimate of drug-likeness (QED) is 0.347. The zero-order valence-electron chi connectivity index (χ0n) is 16.3. The van der Waals surface area contributed by atoms with Crippen molar-refractivity contribution in [3.8, 4) is 0 Å². The summed E-state index contributed by atoms with van der Waals surface area (Å²) in [7, 11) is 1.26. The Morgan fingerprint density at radius 3 is 2.53 bits per heavy atom. The SMILES string of the molecule is CCOC(=O)c1cc(=O)c2c(F)c(F)c(NCCNc3ccccn3)c(F)c2n1C. The molecule has 0 atom stereocenters. The molecule has 2 aromatic heterocycles. The largest absolute Gasteiger partial charge is 0.461 e. The second-order valence-corrected chi connectivity index (χ2v) is 6.28. The maximum Gasteiger partial charge on any atom is 0.355 e. The molecule has 2 heterocycles. The van der Waals surface area contributed by atoms with Crippen LogP contribution in [-0.4, -0.2) is 35.2 Å². The summed E-state index contributed by atoms with van der Waals surface area (Å²) in [5, 5.41) is 4.65.